The van der Waals surface area contributed by atoms with Crippen molar-refractivity contribution in [2.45, 2.75) is 12.3 Å². The molecule has 1 atom stereocenters. The lowest BCUT2D eigenvalue weighted by Gasteiger charge is -2.16. The highest BCUT2D eigenvalue weighted by Crippen LogP contribution is 2.26. The van der Waals surface area contributed by atoms with Crippen molar-refractivity contribution >= 4 is 34.3 Å². The number of nitrogens with two attached hydrogens (primary N) is 1. The molecule has 0 aliphatic heterocycles. The van der Waals surface area contributed by atoms with Gasteiger partial charge in [0.25, 0.3) is 0 Å². The van der Waals surface area contributed by atoms with Crippen LogP contribution in [0.1, 0.15) is 17.9 Å². The summed E-state index contributed by atoms with van der Waals surface area (Å²) in [7, 11) is 0. The second kappa shape index (κ2) is 8.49. The van der Waals surface area contributed by atoms with Crippen molar-refractivity contribution < 1.29 is 9.59 Å². The van der Waals surface area contributed by atoms with Crippen LogP contribution in [0.15, 0.2) is 54.9 Å². The zero-order valence-corrected chi connectivity index (χ0v) is 15.8. The van der Waals surface area contributed by atoms with Gasteiger partial charge in [0.15, 0.2) is 5.82 Å². The highest BCUT2D eigenvalue weighted by atomic mass is 16.2. The van der Waals surface area contributed by atoms with Crippen LogP contribution in [0.2, 0.25) is 0 Å². The van der Waals surface area contributed by atoms with Crippen molar-refractivity contribution in [1.82, 2.24) is 30.4 Å². The molecule has 152 valence electrons. The number of aromatic amines is 1. The van der Waals surface area contributed by atoms with E-state index in [0.717, 1.165) is 10.2 Å². The smallest absolute Gasteiger partial charge is 0.330 e. The number of carbonyl (C=O) groups is 2. The van der Waals surface area contributed by atoms with Crippen LogP contribution < -0.4 is 16.4 Å². The number of nitrogens with zero attached hydrogens (tertiary/aromatic N) is 5. The third-order valence-corrected chi connectivity index (χ3v) is 4.59. The molecule has 0 spiro atoms. The summed E-state index contributed by atoms with van der Waals surface area (Å²) in [5.74, 6) is -0.229. The van der Waals surface area contributed by atoms with Gasteiger partial charge in [0, 0.05) is 11.1 Å². The first-order valence-corrected chi connectivity index (χ1v) is 9.24. The van der Waals surface area contributed by atoms with Crippen LogP contribution in [-0.2, 0) is 4.79 Å². The lowest BCUT2D eigenvalue weighted by molar-refractivity contribution is -0.117. The van der Waals surface area contributed by atoms with Crippen LogP contribution in [0.3, 0.4) is 0 Å². The summed E-state index contributed by atoms with van der Waals surface area (Å²) in [5.41, 5.74) is 7.89. The second-order valence-corrected chi connectivity index (χ2v) is 6.55. The van der Waals surface area contributed by atoms with E-state index in [1.165, 1.54) is 6.33 Å². The topological polar surface area (TPSA) is 156 Å². The monoisotopic (exact) mass is 405 g/mol. The van der Waals surface area contributed by atoms with E-state index in [2.05, 4.69) is 36.4 Å². The molecule has 0 bridgehead atoms. The Morgan fingerprint density at radius 1 is 1.13 bits per heavy atom. The standard InChI is InChI=1S/C19H19N9O2/c20-9-8-14(12-4-2-1-3-5-12)18(29)22-13-6-7-16-15(10-13)17(25-24-16)23-19(30)28-11-21-26-27-28/h1-7,10-11,14H,8-9,20H2,(H,22,29)(H2,23,24,25,30). The number of benzene rings is 2. The van der Waals surface area contributed by atoms with Gasteiger partial charge in [-0.25, -0.2) is 4.79 Å². The number of hydrogen-bond acceptors (Lipinski definition) is 7. The molecular formula is C19H19N9O2. The van der Waals surface area contributed by atoms with Gasteiger partial charge >= 0.3 is 6.03 Å². The van der Waals surface area contributed by atoms with E-state index in [-0.39, 0.29) is 11.8 Å². The molecule has 5 N–H and O–H groups in total. The van der Waals surface area contributed by atoms with Crippen LogP contribution in [0, 0.1) is 0 Å². The van der Waals surface area contributed by atoms with E-state index in [1.54, 1.807) is 18.2 Å². The van der Waals surface area contributed by atoms with Crippen molar-refractivity contribution in [3.05, 3.63) is 60.4 Å². The molecule has 0 radical (unpaired) electrons. The fourth-order valence-electron chi connectivity index (χ4n) is 3.13. The Morgan fingerprint density at radius 3 is 2.70 bits per heavy atom. The van der Waals surface area contributed by atoms with Gasteiger partial charge in [-0.05, 0) is 47.2 Å². The Morgan fingerprint density at radius 2 is 1.97 bits per heavy atom. The summed E-state index contributed by atoms with van der Waals surface area (Å²) in [5, 5.41) is 23.5. The molecule has 2 aromatic heterocycles. The normalized spacial score (nSPS) is 11.9. The quantitative estimate of drug-likeness (QED) is 0.356. The van der Waals surface area contributed by atoms with Gasteiger partial charge in [0.1, 0.15) is 6.33 Å². The Bertz CT molecular complexity index is 1160. The second-order valence-electron chi connectivity index (χ2n) is 6.55. The molecule has 4 aromatic rings. The summed E-state index contributed by atoms with van der Waals surface area (Å²) >= 11 is 0. The van der Waals surface area contributed by atoms with Crippen molar-refractivity contribution in [1.29, 1.82) is 0 Å². The highest BCUT2D eigenvalue weighted by molar-refractivity contribution is 6.02. The van der Waals surface area contributed by atoms with Gasteiger partial charge in [-0.3, -0.25) is 15.2 Å². The minimum atomic E-state index is -0.560. The SMILES string of the molecule is NCCC(C(=O)Nc1ccc2[nH]nc(NC(=O)n3cnnn3)c2c1)c1ccccc1. The molecule has 2 aromatic carbocycles. The largest absolute Gasteiger partial charge is 0.350 e. The van der Waals surface area contributed by atoms with Gasteiger partial charge in [-0.1, -0.05) is 30.3 Å². The van der Waals surface area contributed by atoms with Crippen molar-refractivity contribution in [2.24, 2.45) is 5.73 Å². The van der Waals surface area contributed by atoms with Crippen molar-refractivity contribution in [3.8, 4) is 0 Å². The molecule has 4 rings (SSSR count). The number of rotatable bonds is 6. The molecule has 2 amide bonds. The molecule has 11 nitrogen and oxygen atoms in total. The number of hydrogen-bond donors (Lipinski definition) is 4. The number of tetrazole rings is 1. The van der Waals surface area contributed by atoms with Crippen molar-refractivity contribution in [3.63, 3.8) is 0 Å². The number of carbonyl (C=O) groups excluding carboxylic acids is 2. The van der Waals surface area contributed by atoms with E-state index >= 15 is 0 Å². The average Bonchev–Trinajstić information content (AvgIpc) is 3.43. The third-order valence-electron chi connectivity index (χ3n) is 4.59. The maximum Gasteiger partial charge on any atom is 0.350 e. The third kappa shape index (κ3) is 4.00. The van der Waals surface area contributed by atoms with Gasteiger partial charge in [0.2, 0.25) is 5.91 Å². The minimum Gasteiger partial charge on any atom is -0.330 e. The van der Waals surface area contributed by atoms with E-state index in [4.69, 9.17) is 5.73 Å². The number of H-pyrrole nitrogens is 1. The Hall–Kier alpha value is -4.12. The predicted octanol–water partition coefficient (Wildman–Crippen LogP) is 1.70. The summed E-state index contributed by atoms with van der Waals surface area (Å²) in [6.07, 6.45) is 1.70. The van der Waals surface area contributed by atoms with Crippen LogP contribution in [-0.4, -0.2) is 48.9 Å². The average molecular weight is 405 g/mol. The van der Waals surface area contributed by atoms with Gasteiger partial charge < -0.3 is 11.1 Å². The van der Waals surface area contributed by atoms with Crippen molar-refractivity contribution in [2.75, 3.05) is 17.2 Å². The first-order chi connectivity index (χ1) is 14.7. The number of anilines is 2. The Balaban J connectivity index is 1.55. The van der Waals surface area contributed by atoms with E-state index in [0.29, 0.717) is 35.4 Å². The highest BCUT2D eigenvalue weighted by Gasteiger charge is 2.20. The van der Waals surface area contributed by atoms with E-state index in [1.807, 2.05) is 30.3 Å². The molecule has 0 saturated heterocycles. The fourth-order valence-corrected chi connectivity index (χ4v) is 3.13. The number of amides is 2. The van der Waals surface area contributed by atoms with Gasteiger partial charge in [0.05, 0.1) is 11.4 Å². The van der Waals surface area contributed by atoms with Crippen LogP contribution >= 0.6 is 0 Å². The molecule has 30 heavy (non-hydrogen) atoms. The molecule has 11 heteroatoms. The number of nitrogens with one attached hydrogen (secondary N) is 3. The Kier molecular flexibility index (Phi) is 5.44. The maximum atomic E-state index is 12.9. The number of aromatic nitrogens is 6. The van der Waals surface area contributed by atoms with E-state index in [9.17, 15) is 9.59 Å². The molecule has 0 saturated carbocycles. The lowest BCUT2D eigenvalue weighted by Crippen LogP contribution is -2.23. The first-order valence-electron chi connectivity index (χ1n) is 9.24. The molecule has 1 unspecified atom stereocenters. The van der Waals surface area contributed by atoms with Gasteiger partial charge in [-0.2, -0.15) is 5.10 Å². The summed E-state index contributed by atoms with van der Waals surface area (Å²) < 4.78 is 0.948. The summed E-state index contributed by atoms with van der Waals surface area (Å²) in [6, 6.07) is 14.2. The number of fused-ring (bicyclic) bond motifs is 1. The van der Waals surface area contributed by atoms with Crippen LogP contribution in [0.4, 0.5) is 16.3 Å². The summed E-state index contributed by atoms with van der Waals surface area (Å²) in [4.78, 5) is 25.1. The van der Waals surface area contributed by atoms with Gasteiger partial charge in [-0.15, -0.1) is 9.78 Å². The molecule has 2 heterocycles. The molecule has 0 fully saturated rings. The fraction of sp³-hybridized carbons (Fsp3) is 0.158. The maximum absolute atomic E-state index is 12.9. The molecule has 0 aliphatic rings. The van der Waals surface area contributed by atoms with E-state index < -0.39 is 6.03 Å². The summed E-state index contributed by atoms with van der Waals surface area (Å²) in [6.45, 7) is 0.390. The zero-order valence-electron chi connectivity index (χ0n) is 15.8. The first kappa shape index (κ1) is 19.2. The lowest BCUT2D eigenvalue weighted by atomic mass is 9.94. The molecule has 0 aliphatic carbocycles. The zero-order chi connectivity index (χ0) is 20.9. The molecular weight excluding hydrogens is 386 g/mol. The Labute approximate surface area is 170 Å². The predicted molar refractivity (Wildman–Crippen MR) is 110 cm³/mol. The van der Waals surface area contributed by atoms with Crippen LogP contribution in [0.25, 0.3) is 10.9 Å². The van der Waals surface area contributed by atoms with Crippen LogP contribution in [0.5, 0.6) is 0 Å². The minimum absolute atomic E-state index is 0.159.